The standard InChI is InChI=1S/C26H31FN4O3/c1-20(21-7-3-2-4-8-21)31(17-22-9-5-6-10-23(22)27)18-25-29-24(19-34-25)26(32)28-11-12-30-13-15-33-16-14-30/h2-10,19-20H,11-18H2,1H3,(H,28,32)/t20-/m0/s1. The summed E-state index contributed by atoms with van der Waals surface area (Å²) in [6, 6.07) is 16.8. The third-order valence-corrected chi connectivity index (χ3v) is 6.10. The molecule has 8 heteroatoms. The predicted octanol–water partition coefficient (Wildman–Crippen LogP) is 3.64. The average molecular weight is 467 g/mol. The molecule has 0 spiro atoms. The monoisotopic (exact) mass is 466 g/mol. The molecule has 0 unspecified atom stereocenters. The number of aromatic nitrogens is 1. The SMILES string of the molecule is C[C@@H](c1ccccc1)N(Cc1nc(C(=O)NCCN2CCOCC2)co1)Cc1ccccc1F. The molecule has 1 atom stereocenters. The third-order valence-electron chi connectivity index (χ3n) is 6.10. The first-order valence-electron chi connectivity index (χ1n) is 11.7. The van der Waals surface area contributed by atoms with Crippen LogP contribution in [-0.4, -0.2) is 60.1 Å². The van der Waals surface area contributed by atoms with E-state index in [0.717, 1.165) is 38.4 Å². The van der Waals surface area contributed by atoms with Crippen LogP contribution in [0.1, 0.15) is 40.5 Å². The van der Waals surface area contributed by atoms with Crippen molar-refractivity contribution < 1.29 is 18.3 Å². The fraction of sp³-hybridized carbons (Fsp3) is 0.385. The van der Waals surface area contributed by atoms with Gasteiger partial charge in [0.25, 0.3) is 5.91 Å². The second kappa shape index (κ2) is 11.9. The molecule has 180 valence electrons. The number of carbonyl (C=O) groups excluding carboxylic acids is 1. The number of hydrogen-bond acceptors (Lipinski definition) is 6. The molecule has 1 aliphatic heterocycles. The quantitative estimate of drug-likeness (QED) is 0.492. The molecule has 0 saturated carbocycles. The van der Waals surface area contributed by atoms with Gasteiger partial charge in [-0.1, -0.05) is 48.5 Å². The van der Waals surface area contributed by atoms with Crippen molar-refractivity contribution in [1.29, 1.82) is 0 Å². The number of oxazole rings is 1. The highest BCUT2D eigenvalue weighted by atomic mass is 19.1. The van der Waals surface area contributed by atoms with Crippen LogP contribution in [-0.2, 0) is 17.8 Å². The van der Waals surface area contributed by atoms with Crippen LogP contribution in [0.5, 0.6) is 0 Å². The minimum absolute atomic E-state index is 0.0153. The average Bonchev–Trinajstić information content (AvgIpc) is 3.34. The lowest BCUT2D eigenvalue weighted by Gasteiger charge is -2.28. The highest BCUT2D eigenvalue weighted by Gasteiger charge is 2.21. The molecule has 1 N–H and O–H groups in total. The van der Waals surface area contributed by atoms with Gasteiger partial charge in [0.2, 0.25) is 5.89 Å². The zero-order valence-corrected chi connectivity index (χ0v) is 19.5. The van der Waals surface area contributed by atoms with Crippen LogP contribution in [0, 0.1) is 5.82 Å². The minimum Gasteiger partial charge on any atom is -0.447 e. The molecule has 0 aliphatic carbocycles. The molecule has 1 aliphatic rings. The van der Waals surface area contributed by atoms with E-state index < -0.39 is 0 Å². The zero-order valence-electron chi connectivity index (χ0n) is 19.5. The van der Waals surface area contributed by atoms with Gasteiger partial charge in [0.1, 0.15) is 12.1 Å². The highest BCUT2D eigenvalue weighted by molar-refractivity contribution is 5.91. The number of morpholine rings is 1. The van der Waals surface area contributed by atoms with Gasteiger partial charge < -0.3 is 14.5 Å². The van der Waals surface area contributed by atoms with Gasteiger partial charge >= 0.3 is 0 Å². The molecule has 2 heterocycles. The molecule has 0 radical (unpaired) electrons. The first-order valence-corrected chi connectivity index (χ1v) is 11.7. The Labute approximate surface area is 199 Å². The number of amides is 1. The molecular formula is C26H31FN4O3. The van der Waals surface area contributed by atoms with Crippen molar-refractivity contribution >= 4 is 5.91 Å². The largest absolute Gasteiger partial charge is 0.447 e. The Morgan fingerprint density at radius 1 is 1.12 bits per heavy atom. The molecular weight excluding hydrogens is 435 g/mol. The van der Waals surface area contributed by atoms with Gasteiger partial charge in [-0.3, -0.25) is 14.6 Å². The van der Waals surface area contributed by atoms with E-state index in [1.165, 1.54) is 12.3 Å². The second-order valence-corrected chi connectivity index (χ2v) is 8.42. The van der Waals surface area contributed by atoms with Crippen molar-refractivity contribution in [2.24, 2.45) is 0 Å². The Morgan fingerprint density at radius 3 is 2.62 bits per heavy atom. The van der Waals surface area contributed by atoms with Crippen LogP contribution < -0.4 is 5.32 Å². The number of hydrogen-bond donors (Lipinski definition) is 1. The normalized spacial score (nSPS) is 15.4. The predicted molar refractivity (Wildman–Crippen MR) is 127 cm³/mol. The number of ether oxygens (including phenoxy) is 1. The highest BCUT2D eigenvalue weighted by Crippen LogP contribution is 2.25. The van der Waals surface area contributed by atoms with E-state index in [9.17, 15) is 9.18 Å². The van der Waals surface area contributed by atoms with E-state index in [-0.39, 0.29) is 23.5 Å². The van der Waals surface area contributed by atoms with Crippen molar-refractivity contribution in [3.8, 4) is 0 Å². The molecule has 1 fully saturated rings. The number of carbonyl (C=O) groups is 1. The van der Waals surface area contributed by atoms with Gasteiger partial charge in [0.05, 0.1) is 19.8 Å². The smallest absolute Gasteiger partial charge is 0.273 e. The van der Waals surface area contributed by atoms with Gasteiger partial charge in [-0.15, -0.1) is 0 Å². The summed E-state index contributed by atoms with van der Waals surface area (Å²) in [7, 11) is 0. The van der Waals surface area contributed by atoms with E-state index in [1.807, 2.05) is 36.4 Å². The van der Waals surface area contributed by atoms with Crippen molar-refractivity contribution in [2.75, 3.05) is 39.4 Å². The number of rotatable bonds is 10. The third kappa shape index (κ3) is 6.50. The fourth-order valence-corrected chi connectivity index (χ4v) is 4.02. The maximum absolute atomic E-state index is 14.4. The summed E-state index contributed by atoms with van der Waals surface area (Å²) in [5.41, 5.74) is 1.94. The van der Waals surface area contributed by atoms with Crippen LogP contribution in [0.4, 0.5) is 4.39 Å². The molecule has 0 bridgehead atoms. The number of benzene rings is 2. The lowest BCUT2D eigenvalue weighted by molar-refractivity contribution is 0.0383. The van der Waals surface area contributed by atoms with Gasteiger partial charge in [-0.05, 0) is 18.6 Å². The summed E-state index contributed by atoms with van der Waals surface area (Å²) in [5.74, 6) is -0.0991. The molecule has 2 aromatic carbocycles. The second-order valence-electron chi connectivity index (χ2n) is 8.42. The lowest BCUT2D eigenvalue weighted by atomic mass is 10.1. The number of nitrogens with zero attached hydrogens (tertiary/aromatic N) is 3. The van der Waals surface area contributed by atoms with Crippen LogP contribution in [0.25, 0.3) is 0 Å². The Balaban J connectivity index is 1.40. The van der Waals surface area contributed by atoms with Gasteiger partial charge in [0.15, 0.2) is 5.69 Å². The van der Waals surface area contributed by atoms with E-state index in [0.29, 0.717) is 31.1 Å². The summed E-state index contributed by atoms with van der Waals surface area (Å²) < 4.78 is 25.4. The number of nitrogens with one attached hydrogen (secondary N) is 1. The Hall–Kier alpha value is -3.07. The Kier molecular flexibility index (Phi) is 8.41. The van der Waals surface area contributed by atoms with Gasteiger partial charge in [0, 0.05) is 44.3 Å². The van der Waals surface area contributed by atoms with Crippen molar-refractivity contribution in [3.63, 3.8) is 0 Å². The first-order chi connectivity index (χ1) is 16.6. The fourth-order valence-electron chi connectivity index (χ4n) is 4.02. The minimum atomic E-state index is -0.264. The topological polar surface area (TPSA) is 70.8 Å². The van der Waals surface area contributed by atoms with Crippen LogP contribution in [0.15, 0.2) is 65.3 Å². The van der Waals surface area contributed by atoms with Gasteiger partial charge in [-0.2, -0.15) is 0 Å². The molecule has 4 rings (SSSR count). The number of halogens is 1. The van der Waals surface area contributed by atoms with E-state index in [2.05, 4.69) is 27.0 Å². The summed E-state index contributed by atoms with van der Waals surface area (Å²) in [6.07, 6.45) is 1.38. The Bertz CT molecular complexity index is 1050. The Morgan fingerprint density at radius 2 is 1.85 bits per heavy atom. The van der Waals surface area contributed by atoms with Crippen LogP contribution in [0.2, 0.25) is 0 Å². The molecule has 1 saturated heterocycles. The molecule has 34 heavy (non-hydrogen) atoms. The molecule has 7 nitrogen and oxygen atoms in total. The van der Waals surface area contributed by atoms with Gasteiger partial charge in [-0.25, -0.2) is 9.37 Å². The maximum atomic E-state index is 14.4. The summed E-state index contributed by atoms with van der Waals surface area (Å²) in [6.45, 7) is 7.30. The first kappa shape index (κ1) is 24.1. The van der Waals surface area contributed by atoms with E-state index in [4.69, 9.17) is 9.15 Å². The summed E-state index contributed by atoms with van der Waals surface area (Å²) >= 11 is 0. The maximum Gasteiger partial charge on any atom is 0.273 e. The van der Waals surface area contributed by atoms with Crippen molar-refractivity contribution in [2.45, 2.75) is 26.1 Å². The molecule has 1 amide bonds. The van der Waals surface area contributed by atoms with Crippen LogP contribution >= 0.6 is 0 Å². The summed E-state index contributed by atoms with van der Waals surface area (Å²) in [5, 5.41) is 2.90. The van der Waals surface area contributed by atoms with Crippen molar-refractivity contribution in [3.05, 3.63) is 89.4 Å². The zero-order chi connectivity index (χ0) is 23.8. The summed E-state index contributed by atoms with van der Waals surface area (Å²) in [4.78, 5) is 21.3. The lowest BCUT2D eigenvalue weighted by Crippen LogP contribution is -2.41. The molecule has 3 aromatic rings. The molecule has 1 aromatic heterocycles. The van der Waals surface area contributed by atoms with E-state index >= 15 is 0 Å². The van der Waals surface area contributed by atoms with E-state index in [1.54, 1.807) is 12.1 Å². The van der Waals surface area contributed by atoms with Crippen molar-refractivity contribution in [1.82, 2.24) is 20.1 Å². The van der Waals surface area contributed by atoms with Crippen LogP contribution in [0.3, 0.4) is 0 Å².